The Morgan fingerprint density at radius 2 is 1.88 bits per heavy atom. The predicted molar refractivity (Wildman–Crippen MR) is 100 cm³/mol. The summed E-state index contributed by atoms with van der Waals surface area (Å²) in [6.07, 6.45) is 1.69. The topological polar surface area (TPSA) is 70.2 Å². The third kappa shape index (κ3) is 5.90. The maximum Gasteiger partial charge on any atom is 0.251 e. The third-order valence-electron chi connectivity index (χ3n) is 3.63. The molecule has 2 aromatic rings. The molecule has 2 amide bonds. The maximum atomic E-state index is 12.4. The standard InChI is InChI=1S/C20H23N3O2/c1-3-12-21-14-19(24)23-18-11-7-10-17(13-18)20(25)22-15(2)16-8-5-4-6-9-16/h3-11,13,15,21H,1,12,14H2,2H3,(H,22,25)(H,23,24). The molecule has 0 heterocycles. The van der Waals surface area contributed by atoms with Gasteiger partial charge in [-0.05, 0) is 30.7 Å². The minimum Gasteiger partial charge on any atom is -0.346 e. The van der Waals surface area contributed by atoms with Crippen molar-refractivity contribution in [3.05, 3.63) is 78.4 Å². The molecule has 0 saturated heterocycles. The molecule has 0 aromatic heterocycles. The first-order valence-corrected chi connectivity index (χ1v) is 8.17. The molecule has 0 spiro atoms. The summed E-state index contributed by atoms with van der Waals surface area (Å²) in [5.74, 6) is -0.353. The number of carbonyl (C=O) groups is 2. The molecule has 0 aliphatic carbocycles. The predicted octanol–water partition coefficient (Wildman–Crippen LogP) is 2.89. The lowest BCUT2D eigenvalue weighted by atomic mass is 10.1. The lowest BCUT2D eigenvalue weighted by molar-refractivity contribution is -0.115. The Balaban J connectivity index is 1.96. The van der Waals surface area contributed by atoms with E-state index in [4.69, 9.17) is 0 Å². The summed E-state index contributed by atoms with van der Waals surface area (Å²) in [4.78, 5) is 24.3. The van der Waals surface area contributed by atoms with Crippen LogP contribution in [0, 0.1) is 0 Å². The molecular weight excluding hydrogens is 314 g/mol. The molecule has 1 unspecified atom stereocenters. The van der Waals surface area contributed by atoms with E-state index in [1.54, 1.807) is 30.3 Å². The number of hydrogen-bond donors (Lipinski definition) is 3. The summed E-state index contributed by atoms with van der Waals surface area (Å²) in [7, 11) is 0. The number of benzene rings is 2. The normalized spacial score (nSPS) is 11.4. The van der Waals surface area contributed by atoms with Crippen LogP contribution in [0.3, 0.4) is 0 Å². The van der Waals surface area contributed by atoms with Crippen LogP contribution in [0.5, 0.6) is 0 Å². The van der Waals surface area contributed by atoms with Crippen molar-refractivity contribution >= 4 is 17.5 Å². The molecule has 0 radical (unpaired) electrons. The number of carbonyl (C=O) groups excluding carboxylic acids is 2. The van der Waals surface area contributed by atoms with Crippen molar-refractivity contribution in [2.45, 2.75) is 13.0 Å². The van der Waals surface area contributed by atoms with E-state index >= 15 is 0 Å². The maximum absolute atomic E-state index is 12.4. The van der Waals surface area contributed by atoms with Crippen molar-refractivity contribution in [2.24, 2.45) is 0 Å². The molecule has 0 fully saturated rings. The van der Waals surface area contributed by atoms with Gasteiger partial charge in [-0.2, -0.15) is 0 Å². The number of nitrogens with one attached hydrogen (secondary N) is 3. The molecule has 130 valence electrons. The second-order valence-corrected chi connectivity index (χ2v) is 5.65. The fourth-order valence-electron chi connectivity index (χ4n) is 2.34. The Labute approximate surface area is 148 Å². The van der Waals surface area contributed by atoms with Crippen molar-refractivity contribution in [2.75, 3.05) is 18.4 Å². The van der Waals surface area contributed by atoms with Gasteiger partial charge in [-0.25, -0.2) is 0 Å². The van der Waals surface area contributed by atoms with Crippen LogP contribution in [-0.2, 0) is 4.79 Å². The Morgan fingerprint density at radius 3 is 2.60 bits per heavy atom. The van der Waals surface area contributed by atoms with Crippen LogP contribution in [-0.4, -0.2) is 24.9 Å². The highest BCUT2D eigenvalue weighted by Crippen LogP contribution is 2.14. The Bertz CT molecular complexity index is 729. The Hall–Kier alpha value is -2.92. The van der Waals surface area contributed by atoms with Crippen LogP contribution >= 0.6 is 0 Å². The fraction of sp³-hybridized carbons (Fsp3) is 0.200. The van der Waals surface area contributed by atoms with E-state index in [0.29, 0.717) is 17.8 Å². The highest BCUT2D eigenvalue weighted by molar-refractivity contribution is 5.97. The second-order valence-electron chi connectivity index (χ2n) is 5.65. The molecule has 1 atom stereocenters. The van der Waals surface area contributed by atoms with Gasteiger partial charge in [-0.3, -0.25) is 9.59 Å². The van der Waals surface area contributed by atoms with Crippen LogP contribution in [0.25, 0.3) is 0 Å². The Kier molecular flexibility index (Phi) is 6.92. The van der Waals surface area contributed by atoms with Gasteiger partial charge in [0.05, 0.1) is 12.6 Å². The first kappa shape index (κ1) is 18.4. The van der Waals surface area contributed by atoms with Gasteiger partial charge in [0, 0.05) is 17.8 Å². The van der Waals surface area contributed by atoms with E-state index < -0.39 is 0 Å². The van der Waals surface area contributed by atoms with Crippen LogP contribution in [0.15, 0.2) is 67.3 Å². The van der Waals surface area contributed by atoms with E-state index in [0.717, 1.165) is 5.56 Å². The minimum atomic E-state index is -0.183. The van der Waals surface area contributed by atoms with Crippen molar-refractivity contribution in [3.63, 3.8) is 0 Å². The summed E-state index contributed by atoms with van der Waals surface area (Å²) in [5, 5.41) is 8.65. The molecule has 3 N–H and O–H groups in total. The van der Waals surface area contributed by atoms with Gasteiger partial charge < -0.3 is 16.0 Å². The lowest BCUT2D eigenvalue weighted by Gasteiger charge is -2.15. The zero-order chi connectivity index (χ0) is 18.1. The van der Waals surface area contributed by atoms with Gasteiger partial charge in [0.25, 0.3) is 5.91 Å². The summed E-state index contributed by atoms with van der Waals surface area (Å²) in [6, 6.07) is 16.5. The van der Waals surface area contributed by atoms with Crippen LogP contribution in [0.1, 0.15) is 28.9 Å². The SMILES string of the molecule is C=CCNCC(=O)Nc1cccc(C(=O)NC(C)c2ccccc2)c1. The number of amides is 2. The first-order valence-electron chi connectivity index (χ1n) is 8.17. The monoisotopic (exact) mass is 337 g/mol. The van der Waals surface area contributed by atoms with Crippen LogP contribution in [0.2, 0.25) is 0 Å². The van der Waals surface area contributed by atoms with Crippen molar-refractivity contribution in [1.82, 2.24) is 10.6 Å². The average molecular weight is 337 g/mol. The van der Waals surface area contributed by atoms with Gasteiger partial charge in [-0.1, -0.05) is 42.5 Å². The molecule has 0 saturated carbocycles. The first-order chi connectivity index (χ1) is 12.1. The lowest BCUT2D eigenvalue weighted by Crippen LogP contribution is -2.28. The summed E-state index contributed by atoms with van der Waals surface area (Å²) < 4.78 is 0. The van der Waals surface area contributed by atoms with E-state index in [1.807, 2.05) is 37.3 Å². The summed E-state index contributed by atoms with van der Waals surface area (Å²) >= 11 is 0. The van der Waals surface area contributed by atoms with Crippen molar-refractivity contribution in [1.29, 1.82) is 0 Å². The zero-order valence-corrected chi connectivity index (χ0v) is 14.3. The fourth-order valence-corrected chi connectivity index (χ4v) is 2.34. The van der Waals surface area contributed by atoms with E-state index in [9.17, 15) is 9.59 Å². The molecule has 5 nitrogen and oxygen atoms in total. The molecule has 2 rings (SSSR count). The molecule has 0 aliphatic rings. The van der Waals surface area contributed by atoms with Gasteiger partial charge in [0.2, 0.25) is 5.91 Å². The highest BCUT2D eigenvalue weighted by Gasteiger charge is 2.12. The van der Waals surface area contributed by atoms with Crippen molar-refractivity contribution in [3.8, 4) is 0 Å². The van der Waals surface area contributed by atoms with E-state index in [-0.39, 0.29) is 24.4 Å². The Morgan fingerprint density at radius 1 is 1.12 bits per heavy atom. The van der Waals surface area contributed by atoms with Gasteiger partial charge >= 0.3 is 0 Å². The molecule has 25 heavy (non-hydrogen) atoms. The number of rotatable bonds is 8. The summed E-state index contributed by atoms with van der Waals surface area (Å²) in [6.45, 7) is 6.26. The average Bonchev–Trinajstić information content (AvgIpc) is 2.63. The molecule has 0 aliphatic heterocycles. The highest BCUT2D eigenvalue weighted by atomic mass is 16.2. The molecular formula is C20H23N3O2. The second kappa shape index (κ2) is 9.39. The smallest absolute Gasteiger partial charge is 0.251 e. The van der Waals surface area contributed by atoms with Gasteiger partial charge in [0.15, 0.2) is 0 Å². The van der Waals surface area contributed by atoms with Crippen LogP contribution in [0.4, 0.5) is 5.69 Å². The largest absolute Gasteiger partial charge is 0.346 e. The molecule has 5 heteroatoms. The van der Waals surface area contributed by atoms with E-state index in [2.05, 4.69) is 22.5 Å². The van der Waals surface area contributed by atoms with Gasteiger partial charge in [0.1, 0.15) is 0 Å². The zero-order valence-electron chi connectivity index (χ0n) is 14.3. The number of hydrogen-bond acceptors (Lipinski definition) is 3. The quantitative estimate of drug-likeness (QED) is 0.512. The molecule has 2 aromatic carbocycles. The van der Waals surface area contributed by atoms with Gasteiger partial charge in [-0.15, -0.1) is 6.58 Å². The third-order valence-corrected chi connectivity index (χ3v) is 3.63. The summed E-state index contributed by atoms with van der Waals surface area (Å²) in [5.41, 5.74) is 2.12. The van der Waals surface area contributed by atoms with Crippen molar-refractivity contribution < 1.29 is 9.59 Å². The molecule has 0 bridgehead atoms. The van der Waals surface area contributed by atoms with E-state index in [1.165, 1.54) is 0 Å². The minimum absolute atomic E-state index is 0.102. The number of anilines is 1. The van der Waals surface area contributed by atoms with Crippen LogP contribution < -0.4 is 16.0 Å².